The van der Waals surface area contributed by atoms with E-state index in [9.17, 15) is 9.59 Å². The minimum absolute atomic E-state index is 0.224. The summed E-state index contributed by atoms with van der Waals surface area (Å²) in [6.45, 7) is 4.19. The van der Waals surface area contributed by atoms with Crippen molar-refractivity contribution in [3.63, 3.8) is 0 Å². The van der Waals surface area contributed by atoms with Crippen LogP contribution >= 0.6 is 0 Å². The SMILES string of the molecule is CC(C)C1CC(=O)C2(CC2)C(=O)C1. The van der Waals surface area contributed by atoms with Crippen LogP contribution in [0.2, 0.25) is 0 Å². The van der Waals surface area contributed by atoms with Gasteiger partial charge in [-0.25, -0.2) is 0 Å². The molecule has 0 atom stereocenters. The molecular weight excluding hydrogens is 164 g/mol. The van der Waals surface area contributed by atoms with Crippen molar-refractivity contribution >= 4 is 11.6 Å². The van der Waals surface area contributed by atoms with Crippen molar-refractivity contribution in [3.05, 3.63) is 0 Å². The van der Waals surface area contributed by atoms with Crippen LogP contribution in [-0.4, -0.2) is 11.6 Å². The molecular formula is C11H16O2. The Labute approximate surface area is 78.7 Å². The van der Waals surface area contributed by atoms with E-state index >= 15 is 0 Å². The van der Waals surface area contributed by atoms with Crippen LogP contribution < -0.4 is 0 Å². The first-order valence-electron chi connectivity index (χ1n) is 5.13. The lowest BCUT2D eigenvalue weighted by molar-refractivity contribution is -0.140. The Morgan fingerprint density at radius 2 is 1.62 bits per heavy atom. The zero-order valence-corrected chi connectivity index (χ0v) is 8.30. The van der Waals surface area contributed by atoms with E-state index in [0.717, 1.165) is 12.8 Å². The lowest BCUT2D eigenvalue weighted by Crippen LogP contribution is -2.36. The molecule has 0 amide bonds. The molecule has 2 aliphatic carbocycles. The van der Waals surface area contributed by atoms with Crippen molar-refractivity contribution in [2.24, 2.45) is 17.3 Å². The number of Topliss-reactive ketones (excluding diaryl/α,β-unsaturated/α-hetero) is 2. The lowest BCUT2D eigenvalue weighted by Gasteiger charge is -2.28. The highest BCUT2D eigenvalue weighted by molar-refractivity contribution is 6.11. The van der Waals surface area contributed by atoms with Crippen molar-refractivity contribution in [3.8, 4) is 0 Å². The van der Waals surface area contributed by atoms with Crippen LogP contribution in [0.4, 0.5) is 0 Å². The van der Waals surface area contributed by atoms with Gasteiger partial charge in [0.1, 0.15) is 11.6 Å². The van der Waals surface area contributed by atoms with E-state index in [2.05, 4.69) is 13.8 Å². The van der Waals surface area contributed by atoms with Crippen molar-refractivity contribution < 1.29 is 9.59 Å². The second-order valence-electron chi connectivity index (χ2n) is 4.84. The molecule has 13 heavy (non-hydrogen) atoms. The van der Waals surface area contributed by atoms with Gasteiger partial charge in [0.2, 0.25) is 0 Å². The number of carbonyl (C=O) groups is 2. The van der Waals surface area contributed by atoms with E-state index in [4.69, 9.17) is 0 Å². The van der Waals surface area contributed by atoms with E-state index in [0.29, 0.717) is 24.7 Å². The summed E-state index contributed by atoms with van der Waals surface area (Å²) in [5.41, 5.74) is -0.467. The van der Waals surface area contributed by atoms with Gasteiger partial charge >= 0.3 is 0 Å². The molecule has 0 unspecified atom stereocenters. The molecule has 0 aliphatic heterocycles. The van der Waals surface area contributed by atoms with Crippen LogP contribution in [0, 0.1) is 17.3 Å². The number of hydrogen-bond acceptors (Lipinski definition) is 2. The maximum atomic E-state index is 11.7. The van der Waals surface area contributed by atoms with Gasteiger partial charge in [0, 0.05) is 12.8 Å². The maximum Gasteiger partial charge on any atom is 0.146 e. The van der Waals surface area contributed by atoms with Crippen molar-refractivity contribution in [2.45, 2.75) is 39.5 Å². The molecule has 0 saturated heterocycles. The summed E-state index contributed by atoms with van der Waals surface area (Å²) in [6.07, 6.45) is 2.94. The quantitative estimate of drug-likeness (QED) is 0.578. The summed E-state index contributed by atoms with van der Waals surface area (Å²) >= 11 is 0. The summed E-state index contributed by atoms with van der Waals surface area (Å²) < 4.78 is 0. The van der Waals surface area contributed by atoms with Gasteiger partial charge in [-0.05, 0) is 24.7 Å². The lowest BCUT2D eigenvalue weighted by atomic mass is 9.73. The Bertz CT molecular complexity index is 241. The van der Waals surface area contributed by atoms with Gasteiger partial charge in [0.25, 0.3) is 0 Å². The topological polar surface area (TPSA) is 34.1 Å². The first kappa shape index (κ1) is 8.92. The molecule has 0 aromatic heterocycles. The normalized spacial score (nSPS) is 27.3. The number of rotatable bonds is 1. The summed E-state index contributed by atoms with van der Waals surface area (Å²) in [6, 6.07) is 0. The van der Waals surface area contributed by atoms with Crippen LogP contribution in [0.15, 0.2) is 0 Å². The van der Waals surface area contributed by atoms with Gasteiger partial charge in [-0.2, -0.15) is 0 Å². The average molecular weight is 180 g/mol. The fraction of sp³-hybridized carbons (Fsp3) is 0.818. The second-order valence-corrected chi connectivity index (χ2v) is 4.84. The molecule has 0 bridgehead atoms. The Balaban J connectivity index is 2.13. The molecule has 0 radical (unpaired) electrons. The molecule has 72 valence electrons. The zero-order valence-electron chi connectivity index (χ0n) is 8.30. The maximum absolute atomic E-state index is 11.7. The monoisotopic (exact) mass is 180 g/mol. The predicted octanol–water partition coefficient (Wildman–Crippen LogP) is 1.97. The smallest absolute Gasteiger partial charge is 0.146 e. The highest BCUT2D eigenvalue weighted by Crippen LogP contribution is 2.53. The second kappa shape index (κ2) is 2.66. The molecule has 1 spiro atoms. The standard InChI is InChI=1S/C11H16O2/c1-7(2)8-5-9(12)11(3-4-11)10(13)6-8/h7-8H,3-6H2,1-2H3. The highest BCUT2D eigenvalue weighted by atomic mass is 16.2. The third kappa shape index (κ3) is 1.23. The minimum atomic E-state index is -0.467. The Morgan fingerprint density at radius 3 is 1.92 bits per heavy atom. The van der Waals surface area contributed by atoms with Crippen LogP contribution in [0.3, 0.4) is 0 Å². The van der Waals surface area contributed by atoms with E-state index in [-0.39, 0.29) is 11.6 Å². The molecule has 2 nitrogen and oxygen atoms in total. The van der Waals surface area contributed by atoms with Crippen LogP contribution in [0.25, 0.3) is 0 Å². The fourth-order valence-corrected chi connectivity index (χ4v) is 2.25. The zero-order chi connectivity index (χ0) is 9.64. The molecule has 0 aromatic carbocycles. The predicted molar refractivity (Wildman–Crippen MR) is 49.2 cm³/mol. The molecule has 2 aliphatic rings. The summed E-state index contributed by atoms with van der Waals surface area (Å²) in [5.74, 6) is 1.22. The van der Waals surface area contributed by atoms with E-state index in [1.54, 1.807) is 0 Å². The van der Waals surface area contributed by atoms with E-state index in [1.165, 1.54) is 0 Å². The first-order valence-corrected chi connectivity index (χ1v) is 5.13. The van der Waals surface area contributed by atoms with Gasteiger partial charge in [0.05, 0.1) is 5.41 Å². The van der Waals surface area contributed by atoms with Crippen molar-refractivity contribution in [2.75, 3.05) is 0 Å². The summed E-state index contributed by atoms with van der Waals surface area (Å²) in [7, 11) is 0. The third-order valence-corrected chi connectivity index (χ3v) is 3.66. The third-order valence-electron chi connectivity index (χ3n) is 3.66. The van der Waals surface area contributed by atoms with Crippen LogP contribution in [-0.2, 0) is 9.59 Å². The minimum Gasteiger partial charge on any atom is -0.299 e. The summed E-state index contributed by atoms with van der Waals surface area (Å²) in [5, 5.41) is 0. The average Bonchev–Trinajstić information content (AvgIpc) is 2.80. The van der Waals surface area contributed by atoms with Gasteiger partial charge in [-0.15, -0.1) is 0 Å². The Morgan fingerprint density at radius 1 is 1.15 bits per heavy atom. The van der Waals surface area contributed by atoms with Crippen LogP contribution in [0.1, 0.15) is 39.5 Å². The Hall–Kier alpha value is -0.660. The number of carbonyl (C=O) groups excluding carboxylic acids is 2. The summed E-state index contributed by atoms with van der Waals surface area (Å²) in [4.78, 5) is 23.4. The van der Waals surface area contributed by atoms with Crippen molar-refractivity contribution in [1.29, 1.82) is 0 Å². The highest BCUT2D eigenvalue weighted by Gasteiger charge is 2.58. The fourth-order valence-electron chi connectivity index (χ4n) is 2.25. The van der Waals surface area contributed by atoms with Gasteiger partial charge in [-0.1, -0.05) is 13.8 Å². The van der Waals surface area contributed by atoms with Gasteiger partial charge in [-0.3, -0.25) is 9.59 Å². The molecule has 0 N–H and O–H groups in total. The van der Waals surface area contributed by atoms with E-state index < -0.39 is 5.41 Å². The molecule has 0 aromatic rings. The molecule has 0 heterocycles. The van der Waals surface area contributed by atoms with Crippen LogP contribution in [0.5, 0.6) is 0 Å². The Kier molecular flexibility index (Phi) is 1.83. The molecule has 2 fully saturated rings. The van der Waals surface area contributed by atoms with Crippen molar-refractivity contribution in [1.82, 2.24) is 0 Å². The molecule has 2 saturated carbocycles. The largest absolute Gasteiger partial charge is 0.299 e. The molecule has 2 rings (SSSR count). The van der Waals surface area contributed by atoms with Gasteiger partial charge < -0.3 is 0 Å². The van der Waals surface area contributed by atoms with E-state index in [1.807, 2.05) is 0 Å². The number of hydrogen-bond donors (Lipinski definition) is 0. The number of ketones is 2. The van der Waals surface area contributed by atoms with Gasteiger partial charge in [0.15, 0.2) is 0 Å². The molecule has 2 heteroatoms. The first-order chi connectivity index (χ1) is 6.06.